The maximum Gasteiger partial charge on any atom is 0.490 e. The lowest BCUT2D eigenvalue weighted by Crippen LogP contribution is -2.55. The molecule has 1 aromatic heterocycles. The predicted octanol–water partition coefficient (Wildman–Crippen LogP) is -2.85. The van der Waals surface area contributed by atoms with Gasteiger partial charge < -0.3 is 40.9 Å². The van der Waals surface area contributed by atoms with Gasteiger partial charge in [-0.15, -0.1) is 6.42 Å². The van der Waals surface area contributed by atoms with Gasteiger partial charge in [-0.3, -0.25) is 9.09 Å². The van der Waals surface area contributed by atoms with E-state index in [-0.39, 0.29) is 5.95 Å². The zero-order valence-electron chi connectivity index (χ0n) is 14.9. The number of hydrogen-bond acceptors (Lipinski definition) is 13. The van der Waals surface area contributed by atoms with Crippen molar-refractivity contribution in [3.8, 4) is 12.3 Å². The fraction of sp³-hybridized carbons (Fsp3) is 0.500. The number of anilines is 1. The summed E-state index contributed by atoms with van der Waals surface area (Å²) in [6, 6.07) is 0. The van der Waals surface area contributed by atoms with Gasteiger partial charge in [-0.25, -0.2) is 23.5 Å². The van der Waals surface area contributed by atoms with E-state index in [2.05, 4.69) is 23.1 Å². The zero-order valence-corrected chi connectivity index (χ0v) is 17.6. The molecule has 174 valence electrons. The van der Waals surface area contributed by atoms with Crippen LogP contribution in [0.4, 0.5) is 5.95 Å². The summed E-state index contributed by atoms with van der Waals surface area (Å²) in [5.41, 5.74) is 8.08. The normalized spacial score (nSPS) is 30.3. The van der Waals surface area contributed by atoms with Gasteiger partial charge in [0, 0.05) is 0 Å². The molecule has 2 heterocycles. The Labute approximate surface area is 172 Å². The quantitative estimate of drug-likeness (QED) is 0.138. The van der Waals surface area contributed by atoms with E-state index >= 15 is 0 Å². The fourth-order valence-electron chi connectivity index (χ4n) is 2.38. The van der Waals surface area contributed by atoms with Gasteiger partial charge in [-0.05, 0) is 0 Å². The van der Waals surface area contributed by atoms with Crippen LogP contribution in [0.3, 0.4) is 0 Å². The molecule has 1 aliphatic rings. The Morgan fingerprint density at radius 2 is 1.87 bits per heavy atom. The van der Waals surface area contributed by atoms with Crippen molar-refractivity contribution in [2.45, 2.75) is 24.0 Å². The van der Waals surface area contributed by atoms with E-state index in [1.54, 1.807) is 0 Å². The summed E-state index contributed by atoms with van der Waals surface area (Å²) in [4.78, 5) is 54.5. The Balaban J connectivity index is 2.18. The van der Waals surface area contributed by atoms with E-state index in [4.69, 9.17) is 37.3 Å². The molecule has 1 aliphatic heterocycles. The van der Waals surface area contributed by atoms with Gasteiger partial charge in [0.25, 0.3) is 0 Å². The summed E-state index contributed by atoms with van der Waals surface area (Å²) in [5, 5.41) is 10.4. The zero-order chi connectivity index (χ0) is 23.8. The maximum atomic E-state index is 12.0. The fourth-order valence-corrected chi connectivity index (χ4v) is 5.41. The average Bonchev–Trinajstić information content (AvgIpc) is 2.82. The highest BCUT2D eigenvalue weighted by molar-refractivity contribution is 7.66. The number of aliphatic hydroxyl groups excluding tert-OH is 1. The number of terminal acetylenes is 1. The number of rotatable bonds is 8. The second-order valence-corrected chi connectivity index (χ2v) is 10.3. The summed E-state index contributed by atoms with van der Waals surface area (Å²) < 4.78 is 51.2. The molecule has 3 unspecified atom stereocenters. The molecule has 1 fully saturated rings. The van der Waals surface area contributed by atoms with Crippen LogP contribution in [0.5, 0.6) is 0 Å². The Kier molecular flexibility index (Phi) is 7.28. The predicted molar refractivity (Wildman–Crippen MR) is 96.2 cm³/mol. The Morgan fingerprint density at radius 1 is 1.26 bits per heavy atom. The number of aromatic nitrogens is 3. The van der Waals surface area contributed by atoms with Gasteiger partial charge in [0.1, 0.15) is 18.5 Å². The molecule has 2 rings (SSSR count). The van der Waals surface area contributed by atoms with Crippen LogP contribution < -0.4 is 17.2 Å². The average molecular weight is 507 g/mol. The third-order valence-electron chi connectivity index (χ3n) is 3.62. The Hall–Kier alpha value is -1.54. The minimum Gasteiger partial charge on any atom is -0.387 e. The topological polar surface area (TPSA) is 289 Å². The van der Waals surface area contributed by atoms with Crippen molar-refractivity contribution in [3.05, 3.63) is 16.8 Å². The van der Waals surface area contributed by atoms with Gasteiger partial charge in [0.15, 0.2) is 11.8 Å². The number of nitrogens with zero attached hydrogens (tertiary/aromatic N) is 3. The van der Waals surface area contributed by atoms with Crippen LogP contribution in [0.25, 0.3) is 0 Å². The number of phosphoric acid groups is 3. The molecular weight excluding hydrogens is 491 g/mol. The minimum absolute atomic E-state index is 0.382. The van der Waals surface area contributed by atoms with Crippen LogP contribution in [-0.2, 0) is 31.6 Å². The molecule has 21 heteroatoms. The van der Waals surface area contributed by atoms with Crippen LogP contribution in [0.1, 0.15) is 6.23 Å². The largest absolute Gasteiger partial charge is 0.490 e. The highest BCUT2D eigenvalue weighted by Gasteiger charge is 2.55. The molecule has 31 heavy (non-hydrogen) atoms. The molecule has 0 radical (unpaired) electrons. The highest BCUT2D eigenvalue weighted by atomic mass is 31.3. The van der Waals surface area contributed by atoms with Crippen molar-refractivity contribution in [3.63, 3.8) is 0 Å². The summed E-state index contributed by atoms with van der Waals surface area (Å²) >= 11 is 0. The standard InChI is InChI=1S/C10H16N5O13P3/c1-2-10(12)6(16)5(26-7(10)15-4-13-8(11)14-9(15)17)3-25-30(21,22)28-31(23,24)27-29(18,19)20/h1,4-7,16H,3,12H2,(H,21,22)(H,23,24)(H2,11,14,17)(H2,18,19,20)/t5-,6+,7-,10?/m1/s1. The van der Waals surface area contributed by atoms with Crippen molar-refractivity contribution in [2.75, 3.05) is 12.3 Å². The molecule has 0 spiro atoms. The molecule has 18 nitrogen and oxygen atoms in total. The lowest BCUT2D eigenvalue weighted by molar-refractivity contribution is -0.0471. The smallest absolute Gasteiger partial charge is 0.387 e. The molecule has 0 saturated carbocycles. The Bertz CT molecular complexity index is 1080. The van der Waals surface area contributed by atoms with Gasteiger partial charge in [-0.1, -0.05) is 5.92 Å². The van der Waals surface area contributed by atoms with Gasteiger partial charge in [0.2, 0.25) is 5.95 Å². The molecule has 6 atom stereocenters. The number of hydrogen-bond donors (Lipinski definition) is 7. The second-order valence-electron chi connectivity index (χ2n) is 5.84. The van der Waals surface area contributed by atoms with Crippen molar-refractivity contribution in [1.82, 2.24) is 14.5 Å². The van der Waals surface area contributed by atoms with Gasteiger partial charge >= 0.3 is 29.2 Å². The first-order chi connectivity index (χ1) is 14.0. The summed E-state index contributed by atoms with van der Waals surface area (Å²) in [6.45, 7) is -1.06. The molecule has 0 bridgehead atoms. The summed E-state index contributed by atoms with van der Waals surface area (Å²) in [6.07, 6.45) is 1.15. The molecular formula is C10H16N5O13P3. The van der Waals surface area contributed by atoms with Crippen LogP contribution in [0, 0.1) is 12.3 Å². The Morgan fingerprint density at radius 3 is 2.39 bits per heavy atom. The second kappa shape index (κ2) is 8.77. The molecule has 1 aromatic rings. The third kappa shape index (κ3) is 6.25. The van der Waals surface area contributed by atoms with Crippen LogP contribution in [0.15, 0.2) is 11.1 Å². The summed E-state index contributed by atoms with van der Waals surface area (Å²) in [5.74, 6) is 1.64. The van der Waals surface area contributed by atoms with Gasteiger partial charge in [0.05, 0.1) is 6.61 Å². The first-order valence-corrected chi connectivity index (χ1v) is 12.1. The van der Waals surface area contributed by atoms with Crippen molar-refractivity contribution >= 4 is 29.4 Å². The van der Waals surface area contributed by atoms with Crippen molar-refractivity contribution < 1.29 is 56.3 Å². The third-order valence-corrected chi connectivity index (χ3v) is 7.42. The minimum atomic E-state index is -5.75. The maximum absolute atomic E-state index is 12.0. The lowest BCUT2D eigenvalue weighted by Gasteiger charge is -2.27. The highest BCUT2D eigenvalue weighted by Crippen LogP contribution is 2.66. The number of phosphoric ester groups is 1. The van der Waals surface area contributed by atoms with E-state index in [1.165, 1.54) is 0 Å². The molecule has 9 N–H and O–H groups in total. The molecule has 0 amide bonds. The van der Waals surface area contributed by atoms with Crippen LogP contribution >= 0.6 is 23.5 Å². The number of ether oxygens (including phenoxy) is 1. The first-order valence-electron chi connectivity index (χ1n) is 7.59. The van der Waals surface area contributed by atoms with E-state index in [0.717, 1.165) is 6.33 Å². The van der Waals surface area contributed by atoms with Crippen molar-refractivity contribution in [2.24, 2.45) is 5.73 Å². The van der Waals surface area contributed by atoms with Crippen LogP contribution in [-0.4, -0.2) is 63.6 Å². The first kappa shape index (κ1) is 25.7. The monoisotopic (exact) mass is 507 g/mol. The van der Waals surface area contributed by atoms with E-state index in [0.29, 0.717) is 4.57 Å². The van der Waals surface area contributed by atoms with Gasteiger partial charge in [-0.2, -0.15) is 13.6 Å². The summed E-state index contributed by atoms with van der Waals surface area (Å²) in [7, 11) is -16.8. The van der Waals surface area contributed by atoms with E-state index < -0.39 is 59.7 Å². The van der Waals surface area contributed by atoms with Crippen molar-refractivity contribution in [1.29, 1.82) is 0 Å². The number of aliphatic hydroxyl groups is 1. The number of nitrogens with two attached hydrogens (primary N) is 2. The van der Waals surface area contributed by atoms with Crippen LogP contribution in [0.2, 0.25) is 0 Å². The SMILES string of the molecule is C#CC1(N)[C@@H](O)[C@@H](COP(=O)(O)OP(=O)(O)OP(=O)(O)O)O[C@H]1n1cnc(N)nc1=O. The molecule has 0 aliphatic carbocycles. The molecule has 1 saturated heterocycles. The van der Waals surface area contributed by atoms with E-state index in [1.807, 2.05) is 5.92 Å². The van der Waals surface area contributed by atoms with E-state index in [9.17, 15) is 28.5 Å². The lowest BCUT2D eigenvalue weighted by atomic mass is 9.92. The number of nitrogen functional groups attached to an aromatic ring is 1. The molecule has 0 aromatic carbocycles.